The Morgan fingerprint density at radius 2 is 0.972 bits per heavy atom. The number of fused-ring (bicyclic) bond motifs is 5. The SMILES string of the molecule is CN[C@@H](C)C(=O)N[C@@H](Cc1nnn2c1-c1c(C[C@H](NC(=O)[C@H](C)NC)C(=O)N3CCC[C@H]3C(=O)N[C@@H]3CCCc4ccccc43)nnn1CC2)C(=O)N1CCCC1C(=O)N[C@@H]1CCCc2ccccc21.Cl.Cl. The highest BCUT2D eigenvalue weighted by molar-refractivity contribution is 5.95. The van der Waals surface area contributed by atoms with Crippen molar-refractivity contribution in [2.45, 2.75) is 152 Å². The first kappa shape index (κ1) is 53.8. The van der Waals surface area contributed by atoms with Gasteiger partial charge >= 0.3 is 0 Å². The molecule has 0 spiro atoms. The molecule has 4 aromatic rings. The summed E-state index contributed by atoms with van der Waals surface area (Å²) in [4.78, 5) is 88.2. The van der Waals surface area contributed by atoms with Crippen molar-refractivity contribution in [3.63, 3.8) is 0 Å². The number of nitrogens with zero attached hydrogens (tertiary/aromatic N) is 8. The maximum absolute atomic E-state index is 14.8. The highest BCUT2D eigenvalue weighted by atomic mass is 35.5. The fraction of sp³-hybridized carbons (Fsp3) is 0.560. The van der Waals surface area contributed by atoms with Gasteiger partial charge in [0.05, 0.1) is 48.6 Å². The molecule has 6 N–H and O–H groups in total. The molecule has 2 fully saturated rings. The second-order valence-electron chi connectivity index (χ2n) is 19.5. The van der Waals surface area contributed by atoms with E-state index in [0.717, 1.165) is 49.7 Å². The van der Waals surface area contributed by atoms with Crippen molar-refractivity contribution in [2.75, 3.05) is 27.2 Å². The van der Waals surface area contributed by atoms with Crippen LogP contribution in [0, 0.1) is 0 Å². The molecule has 2 aromatic carbocycles. The smallest absolute Gasteiger partial charge is 0.246 e. The molecule has 2 saturated heterocycles. The number of rotatable bonds is 16. The van der Waals surface area contributed by atoms with Gasteiger partial charge < -0.3 is 41.7 Å². The number of nitrogens with one attached hydrogen (secondary N) is 6. The molecule has 0 bridgehead atoms. The lowest BCUT2D eigenvalue weighted by Crippen LogP contribution is -2.56. The minimum Gasteiger partial charge on any atom is -0.347 e. The van der Waals surface area contributed by atoms with Crippen LogP contribution in [0.1, 0.15) is 111 Å². The Bertz CT molecular complexity index is 2450. The Balaban J connectivity index is 0.00000380. The molecule has 1 unspecified atom stereocenters. The molecule has 0 saturated carbocycles. The van der Waals surface area contributed by atoms with Gasteiger partial charge in [-0.25, -0.2) is 9.36 Å². The Morgan fingerprint density at radius 1 is 0.569 bits per heavy atom. The predicted molar refractivity (Wildman–Crippen MR) is 272 cm³/mol. The minimum atomic E-state index is -1.12. The zero-order chi connectivity index (χ0) is 49.1. The lowest BCUT2D eigenvalue weighted by Gasteiger charge is -2.32. The van der Waals surface area contributed by atoms with Gasteiger partial charge in [-0.05, 0) is 114 Å². The predicted octanol–water partition coefficient (Wildman–Crippen LogP) is 2.03. The maximum Gasteiger partial charge on any atom is 0.246 e. The number of carbonyl (C=O) groups excluding carboxylic acids is 6. The number of aryl methyl sites for hydroxylation is 4. The maximum atomic E-state index is 14.8. The summed E-state index contributed by atoms with van der Waals surface area (Å²) in [6, 6.07) is 11.0. The Hall–Kier alpha value is -5.96. The first-order chi connectivity index (χ1) is 33.9. The lowest BCUT2D eigenvalue weighted by atomic mass is 9.87. The number of benzene rings is 2. The first-order valence-corrected chi connectivity index (χ1v) is 25.1. The molecule has 5 heterocycles. The standard InChI is InChI=1S/C50H66N14O6.2ClH/c1-29(51-3)45(65)55-39(49(69)61-23-11-21-41(61)47(67)53-35-19-9-15-31-13-5-7-17-33(31)35)27-37-43-44-38(58-60-64(44)26-25-63(43)59-57-37)28-40(56-46(66)30(2)52-4)50(70)62-24-12-22-42(62)48(68)54-36-20-10-16-32-14-6-8-18-34(32)36;;/h5-8,13-14,17-18,29-30,35-36,39-42,51-52H,9-12,15-16,19-28H2,1-4H3,(H,53,67)(H,54,68)(H,55,65)(H,56,66);2*1H/t29-,30-,35+,36+,39-,40-,41-,42?;;/m0../s1. The van der Waals surface area contributed by atoms with Crippen LogP contribution in [0.25, 0.3) is 11.4 Å². The molecule has 5 aliphatic rings. The van der Waals surface area contributed by atoms with Gasteiger partial charge in [0, 0.05) is 25.9 Å². The van der Waals surface area contributed by atoms with E-state index < -0.39 is 59.9 Å². The fourth-order valence-electron chi connectivity index (χ4n) is 11.0. The number of likely N-dealkylation sites (tertiary alicyclic amines) is 2. The number of amides is 6. The van der Waals surface area contributed by atoms with Crippen molar-refractivity contribution >= 4 is 60.3 Å². The van der Waals surface area contributed by atoms with E-state index in [0.29, 0.717) is 74.6 Å². The molecule has 72 heavy (non-hydrogen) atoms. The normalized spacial score (nSPS) is 21.4. The van der Waals surface area contributed by atoms with Gasteiger partial charge in [0.1, 0.15) is 35.6 Å². The fourth-order valence-corrected chi connectivity index (χ4v) is 11.0. The van der Waals surface area contributed by atoms with E-state index in [-0.39, 0.29) is 61.6 Å². The Kier molecular flexibility index (Phi) is 17.7. The summed E-state index contributed by atoms with van der Waals surface area (Å²) in [5, 5.41) is 36.4. The van der Waals surface area contributed by atoms with Crippen LogP contribution in [0.3, 0.4) is 0 Å². The van der Waals surface area contributed by atoms with Gasteiger partial charge in [0.25, 0.3) is 0 Å². The van der Waals surface area contributed by atoms with Crippen molar-refractivity contribution in [1.82, 2.24) is 71.7 Å². The molecule has 0 radical (unpaired) electrons. The van der Waals surface area contributed by atoms with E-state index in [1.165, 1.54) is 11.1 Å². The summed E-state index contributed by atoms with van der Waals surface area (Å²) in [5.41, 5.74) is 6.43. The lowest BCUT2D eigenvalue weighted by molar-refractivity contribution is -0.141. The second kappa shape index (κ2) is 23.7. The van der Waals surface area contributed by atoms with Crippen LogP contribution < -0.4 is 31.9 Å². The van der Waals surface area contributed by atoms with E-state index in [4.69, 9.17) is 0 Å². The molecule has 9 rings (SSSR count). The van der Waals surface area contributed by atoms with Crippen molar-refractivity contribution in [2.24, 2.45) is 0 Å². The molecule has 2 aromatic heterocycles. The largest absolute Gasteiger partial charge is 0.347 e. The summed E-state index contributed by atoms with van der Waals surface area (Å²) in [7, 11) is 3.32. The zero-order valence-electron chi connectivity index (χ0n) is 41.4. The quantitative estimate of drug-likeness (QED) is 0.0946. The van der Waals surface area contributed by atoms with Gasteiger partial charge in [-0.15, -0.1) is 35.0 Å². The molecule has 20 nitrogen and oxygen atoms in total. The molecule has 2 aliphatic carbocycles. The number of halogens is 2. The molecule has 22 heteroatoms. The second-order valence-corrected chi connectivity index (χ2v) is 19.5. The van der Waals surface area contributed by atoms with E-state index >= 15 is 0 Å². The average Bonchev–Trinajstić information content (AvgIpc) is 4.22. The first-order valence-electron chi connectivity index (χ1n) is 25.1. The molecule has 6 amide bonds. The number of hydrogen-bond acceptors (Lipinski definition) is 12. The zero-order valence-corrected chi connectivity index (χ0v) is 43.0. The highest BCUT2D eigenvalue weighted by Gasteiger charge is 2.43. The molecule has 8 atom stereocenters. The van der Waals surface area contributed by atoms with Crippen LogP contribution in [-0.4, -0.2) is 139 Å². The van der Waals surface area contributed by atoms with E-state index in [1.54, 1.807) is 47.1 Å². The van der Waals surface area contributed by atoms with Crippen molar-refractivity contribution in [3.8, 4) is 11.4 Å². The van der Waals surface area contributed by atoms with Gasteiger partial charge in [-0.2, -0.15) is 0 Å². The molecular formula is C50H68Cl2N14O6. The number of carbonyl (C=O) groups is 6. The third kappa shape index (κ3) is 11.2. The van der Waals surface area contributed by atoms with Crippen LogP contribution in [-0.2, 0) is 67.5 Å². The number of hydrogen-bond donors (Lipinski definition) is 6. The van der Waals surface area contributed by atoms with E-state index in [9.17, 15) is 28.8 Å². The van der Waals surface area contributed by atoms with Crippen LogP contribution >= 0.6 is 24.8 Å². The summed E-state index contributed by atoms with van der Waals surface area (Å²) in [5.74, 6) is -2.08. The Morgan fingerprint density at radius 3 is 1.38 bits per heavy atom. The summed E-state index contributed by atoms with van der Waals surface area (Å²) < 4.78 is 3.40. The van der Waals surface area contributed by atoms with Gasteiger partial charge in [-0.3, -0.25) is 28.8 Å². The highest BCUT2D eigenvalue weighted by Crippen LogP contribution is 2.34. The third-order valence-corrected chi connectivity index (χ3v) is 15.1. The average molecular weight is 1030 g/mol. The van der Waals surface area contributed by atoms with Crippen molar-refractivity contribution < 1.29 is 28.8 Å². The summed E-state index contributed by atoms with van der Waals surface area (Å²) >= 11 is 0. The molecule has 388 valence electrons. The van der Waals surface area contributed by atoms with Crippen molar-refractivity contribution in [3.05, 3.63) is 82.2 Å². The van der Waals surface area contributed by atoms with E-state index in [2.05, 4.69) is 76.8 Å². The van der Waals surface area contributed by atoms with E-state index in [1.807, 2.05) is 24.3 Å². The Labute approximate surface area is 432 Å². The topological polar surface area (TPSA) is 242 Å². The molecular weight excluding hydrogens is 964 g/mol. The van der Waals surface area contributed by atoms with Crippen LogP contribution in [0.15, 0.2) is 48.5 Å². The summed E-state index contributed by atoms with van der Waals surface area (Å²) in [6.07, 6.45) is 7.47. The van der Waals surface area contributed by atoms with Gasteiger partial charge in [-0.1, -0.05) is 59.0 Å². The minimum absolute atomic E-state index is 0. The molecule has 3 aliphatic heterocycles. The third-order valence-electron chi connectivity index (χ3n) is 15.1. The van der Waals surface area contributed by atoms with Crippen LogP contribution in [0.2, 0.25) is 0 Å². The van der Waals surface area contributed by atoms with Gasteiger partial charge in [0.2, 0.25) is 35.4 Å². The number of likely N-dealkylation sites (N-methyl/N-ethyl adjacent to an activating group) is 2. The number of aromatic nitrogens is 6. The van der Waals surface area contributed by atoms with Crippen molar-refractivity contribution in [1.29, 1.82) is 0 Å². The van der Waals surface area contributed by atoms with Gasteiger partial charge in [0.15, 0.2) is 0 Å². The van der Waals surface area contributed by atoms with Crippen LogP contribution in [0.4, 0.5) is 0 Å². The summed E-state index contributed by atoms with van der Waals surface area (Å²) in [6.45, 7) is 4.84. The van der Waals surface area contributed by atoms with Crippen LogP contribution in [0.5, 0.6) is 0 Å². The monoisotopic (exact) mass is 1030 g/mol.